The fourth-order valence-electron chi connectivity index (χ4n) is 0.427. The van der Waals surface area contributed by atoms with E-state index in [1.54, 1.807) is 0 Å². The minimum Gasteiger partial charge on any atom is -0.759 e. The summed E-state index contributed by atoms with van der Waals surface area (Å²) in [6, 6.07) is 0. The predicted octanol–water partition coefficient (Wildman–Crippen LogP) is -2.72. The van der Waals surface area contributed by atoms with Crippen LogP contribution in [0.5, 0.6) is 0 Å². The van der Waals surface area contributed by atoms with Crippen LogP contribution >= 0.6 is 0 Å². The number of anilines is 3. The first-order valence-corrected chi connectivity index (χ1v) is 4.21. The highest BCUT2D eigenvalue weighted by Crippen LogP contribution is 1.97. The van der Waals surface area contributed by atoms with Crippen molar-refractivity contribution in [2.75, 3.05) is 17.2 Å². The maximum Gasteiger partial charge on any atom is 0.226 e. The van der Waals surface area contributed by atoms with Gasteiger partial charge in [-0.05, 0) is 0 Å². The Labute approximate surface area is 78.7 Å². The summed E-state index contributed by atoms with van der Waals surface area (Å²) < 4.78 is 34.1. The zero-order valence-corrected chi connectivity index (χ0v) is 7.43. The van der Waals surface area contributed by atoms with E-state index in [2.05, 4.69) is 15.0 Å². The van der Waals surface area contributed by atoms with Gasteiger partial charge in [-0.15, -0.1) is 0 Å². The van der Waals surface area contributed by atoms with Crippen molar-refractivity contribution < 1.29 is 17.5 Å². The average Bonchev–Trinajstić information content (AvgIpc) is 1.77. The highest BCUT2D eigenvalue weighted by Gasteiger charge is 1.93. The van der Waals surface area contributed by atoms with Crippen LogP contribution in [0.15, 0.2) is 0 Å². The number of rotatable bonds is 0. The summed E-state index contributed by atoms with van der Waals surface area (Å²) in [4.78, 5) is 10.5. The highest BCUT2D eigenvalue weighted by molar-refractivity contribution is 7.79. The fraction of sp³-hybridized carbons (Fsp3) is 0. The molecule has 0 bridgehead atoms. The van der Waals surface area contributed by atoms with E-state index in [-0.39, 0.29) is 17.8 Å². The van der Waals surface area contributed by atoms with E-state index in [0.29, 0.717) is 0 Å². The van der Waals surface area contributed by atoms with Crippen LogP contribution in [0.1, 0.15) is 0 Å². The number of aromatic nitrogens is 3. The lowest BCUT2D eigenvalue weighted by atomic mass is 10.9. The van der Waals surface area contributed by atoms with E-state index in [4.69, 9.17) is 34.7 Å². The van der Waals surface area contributed by atoms with E-state index in [9.17, 15) is 0 Å². The van der Waals surface area contributed by atoms with Crippen LogP contribution in [0.25, 0.3) is 0 Å². The molecule has 0 fully saturated rings. The smallest absolute Gasteiger partial charge is 0.226 e. The molecule has 1 heterocycles. The summed E-state index contributed by atoms with van der Waals surface area (Å²) in [5.41, 5.74) is 15.4. The summed E-state index contributed by atoms with van der Waals surface area (Å²) in [6.45, 7) is 0. The van der Waals surface area contributed by atoms with Crippen LogP contribution in [0.3, 0.4) is 0 Å². The topological polar surface area (TPSA) is 197 Å². The van der Waals surface area contributed by atoms with Crippen LogP contribution in [0, 0.1) is 0 Å². The van der Waals surface area contributed by atoms with Gasteiger partial charge in [0.25, 0.3) is 0 Å². The molecule has 1 aromatic heterocycles. The second-order valence-electron chi connectivity index (χ2n) is 1.82. The molecule has 1 aromatic rings. The third kappa shape index (κ3) is 8.38. The van der Waals surface area contributed by atoms with Crippen molar-refractivity contribution in [1.29, 1.82) is 0 Å². The quantitative estimate of drug-likeness (QED) is 0.306. The zero-order chi connectivity index (χ0) is 11.4. The summed E-state index contributed by atoms with van der Waals surface area (Å²) >= 11 is 0. The number of hydrogen-bond acceptors (Lipinski definition) is 10. The van der Waals surface area contributed by atoms with Crippen molar-refractivity contribution in [1.82, 2.24) is 15.0 Å². The van der Waals surface area contributed by atoms with Gasteiger partial charge >= 0.3 is 0 Å². The first kappa shape index (κ1) is 12.3. The van der Waals surface area contributed by atoms with Gasteiger partial charge in [0.2, 0.25) is 17.8 Å². The molecule has 11 heteroatoms. The Hall–Kier alpha value is -1.72. The first-order valence-electron chi connectivity index (χ1n) is 2.87. The molecule has 0 spiro atoms. The van der Waals surface area contributed by atoms with Crippen molar-refractivity contribution >= 4 is 28.2 Å². The normalized spacial score (nSPS) is 10.1. The first-order chi connectivity index (χ1) is 6.18. The third-order valence-corrected chi connectivity index (χ3v) is 0.687. The van der Waals surface area contributed by atoms with E-state index >= 15 is 0 Å². The van der Waals surface area contributed by atoms with E-state index in [1.165, 1.54) is 0 Å². The van der Waals surface area contributed by atoms with Crippen LogP contribution in [-0.2, 0) is 10.4 Å². The molecule has 80 valence electrons. The lowest BCUT2D eigenvalue weighted by Crippen LogP contribution is -2.05. The van der Waals surface area contributed by atoms with Gasteiger partial charge < -0.3 is 26.3 Å². The summed E-state index contributed by atoms with van der Waals surface area (Å²) in [5.74, 6) is 0.125. The Morgan fingerprint density at radius 1 is 0.857 bits per heavy atom. The second kappa shape index (κ2) is 4.50. The summed E-state index contributed by atoms with van der Waals surface area (Å²) in [7, 11) is -5.17. The number of nitrogens with zero attached hydrogens (tertiary/aromatic N) is 3. The van der Waals surface area contributed by atoms with Gasteiger partial charge in [-0.2, -0.15) is 15.0 Å². The second-order valence-corrected chi connectivity index (χ2v) is 2.63. The Kier molecular flexibility index (Phi) is 3.95. The Morgan fingerprint density at radius 2 is 1.00 bits per heavy atom. The van der Waals surface area contributed by atoms with Gasteiger partial charge in [0, 0.05) is 10.4 Å². The monoisotopic (exact) mass is 222 g/mol. The molecule has 0 aliphatic heterocycles. The molecule has 0 atom stereocenters. The van der Waals surface area contributed by atoms with Crippen molar-refractivity contribution in [3.8, 4) is 0 Å². The zero-order valence-electron chi connectivity index (χ0n) is 6.61. The molecular formula is C3H6N6O4S-2. The SMILES string of the molecule is Nc1nc(N)nc(N)n1.O=S(=O)([O-])[O-]. The standard InChI is InChI=1S/C3H6N6.H2O4S/c4-1-7-2(5)9-3(6)8-1;1-5(2,3)4/h(H6,4,5,6,7,8,9);(H2,1,2,3,4)/p-2. The van der Waals surface area contributed by atoms with Gasteiger partial charge in [0.05, 0.1) is 0 Å². The van der Waals surface area contributed by atoms with Gasteiger partial charge in [0.1, 0.15) is 0 Å². The van der Waals surface area contributed by atoms with Crippen LogP contribution in [-0.4, -0.2) is 32.5 Å². The predicted molar refractivity (Wildman–Crippen MR) is 43.5 cm³/mol. The van der Waals surface area contributed by atoms with Gasteiger partial charge in [-0.3, -0.25) is 8.42 Å². The van der Waals surface area contributed by atoms with Gasteiger partial charge in [-0.1, -0.05) is 0 Å². The molecular weight excluding hydrogens is 216 g/mol. The molecule has 0 aromatic carbocycles. The highest BCUT2D eigenvalue weighted by atomic mass is 32.3. The largest absolute Gasteiger partial charge is 0.759 e. The Morgan fingerprint density at radius 3 is 1.14 bits per heavy atom. The van der Waals surface area contributed by atoms with Crippen LogP contribution in [0.2, 0.25) is 0 Å². The lowest BCUT2D eigenvalue weighted by Gasteiger charge is -2.06. The molecule has 1 rings (SSSR count). The van der Waals surface area contributed by atoms with Crippen molar-refractivity contribution in [2.24, 2.45) is 0 Å². The number of nitrogen functional groups attached to an aromatic ring is 3. The summed E-state index contributed by atoms with van der Waals surface area (Å²) in [5, 5.41) is 0. The molecule has 10 nitrogen and oxygen atoms in total. The molecule has 6 N–H and O–H groups in total. The molecule has 0 aliphatic carbocycles. The molecule has 0 amide bonds. The minimum absolute atomic E-state index is 0.0417. The number of hydrogen-bond donors (Lipinski definition) is 3. The molecule has 0 saturated heterocycles. The van der Waals surface area contributed by atoms with E-state index in [0.717, 1.165) is 0 Å². The van der Waals surface area contributed by atoms with E-state index < -0.39 is 10.4 Å². The Balaban J connectivity index is 0.000000292. The third-order valence-electron chi connectivity index (χ3n) is 0.687. The maximum absolute atomic E-state index is 8.52. The fourth-order valence-corrected chi connectivity index (χ4v) is 0.427. The van der Waals surface area contributed by atoms with Crippen LogP contribution < -0.4 is 17.2 Å². The summed E-state index contributed by atoms with van der Waals surface area (Å²) in [6.07, 6.45) is 0. The molecule has 0 saturated carbocycles. The molecule has 14 heavy (non-hydrogen) atoms. The molecule has 0 radical (unpaired) electrons. The van der Waals surface area contributed by atoms with Crippen molar-refractivity contribution in [3.05, 3.63) is 0 Å². The van der Waals surface area contributed by atoms with Gasteiger partial charge in [-0.25, -0.2) is 0 Å². The van der Waals surface area contributed by atoms with E-state index in [1.807, 2.05) is 0 Å². The van der Waals surface area contributed by atoms with Gasteiger partial charge in [0.15, 0.2) is 0 Å². The van der Waals surface area contributed by atoms with Crippen molar-refractivity contribution in [2.45, 2.75) is 0 Å². The Bertz CT molecular complexity index is 345. The minimum atomic E-state index is -5.17. The molecule has 0 aliphatic rings. The number of nitrogens with two attached hydrogens (primary N) is 3. The average molecular weight is 222 g/mol. The van der Waals surface area contributed by atoms with Crippen molar-refractivity contribution in [3.63, 3.8) is 0 Å². The van der Waals surface area contributed by atoms with Crippen LogP contribution in [0.4, 0.5) is 17.8 Å². The molecule has 0 unspecified atom stereocenters. The maximum atomic E-state index is 8.52. The lowest BCUT2D eigenvalue weighted by molar-refractivity contribution is 0.352.